The average molecular weight is 496 g/mol. The first-order valence-electron chi connectivity index (χ1n) is 12.8. The second kappa shape index (κ2) is 10.0. The van der Waals surface area contributed by atoms with Crippen molar-refractivity contribution in [2.75, 3.05) is 13.2 Å². The number of rotatable bonds is 5. The second-order valence-corrected chi connectivity index (χ2v) is 10.7. The molecule has 1 aliphatic heterocycles. The molecule has 0 radical (unpaired) electrons. The van der Waals surface area contributed by atoms with Gasteiger partial charge in [0.25, 0.3) is 5.56 Å². The highest BCUT2D eigenvalue weighted by Gasteiger charge is 2.28. The molecule has 1 saturated heterocycles. The van der Waals surface area contributed by atoms with Gasteiger partial charge in [-0.05, 0) is 88.6 Å². The van der Waals surface area contributed by atoms with Gasteiger partial charge >= 0.3 is 5.69 Å². The Hall–Kier alpha value is -2.87. The molecule has 8 heteroatoms. The molecule has 0 bridgehead atoms. The lowest BCUT2D eigenvalue weighted by atomic mass is 10.0. The number of fused-ring (bicyclic) bond motifs is 3. The molecule has 1 atom stereocenters. The van der Waals surface area contributed by atoms with Gasteiger partial charge in [0.2, 0.25) is 5.91 Å². The summed E-state index contributed by atoms with van der Waals surface area (Å²) in [6, 6.07) is 7.19. The smallest absolute Gasteiger partial charge is 0.337 e. The first-order chi connectivity index (χ1) is 17.0. The lowest BCUT2D eigenvalue weighted by molar-refractivity contribution is -0.135. The van der Waals surface area contributed by atoms with Crippen molar-refractivity contribution < 1.29 is 9.53 Å². The first kappa shape index (κ1) is 23.9. The number of ether oxygens (including phenoxy) is 1. The van der Waals surface area contributed by atoms with Crippen LogP contribution in [0.2, 0.25) is 0 Å². The third-order valence-electron chi connectivity index (χ3n) is 7.31. The predicted octanol–water partition coefficient (Wildman–Crippen LogP) is 4.28. The largest absolute Gasteiger partial charge is 0.494 e. The Balaban J connectivity index is 1.68. The summed E-state index contributed by atoms with van der Waals surface area (Å²) in [5, 5.41) is 0.611. The lowest BCUT2D eigenvalue weighted by Gasteiger charge is -2.33. The fourth-order valence-corrected chi connectivity index (χ4v) is 6.84. The Bertz CT molecular complexity index is 1350. The Kier molecular flexibility index (Phi) is 6.82. The van der Waals surface area contributed by atoms with Crippen LogP contribution in [0, 0.1) is 0 Å². The number of thiophene rings is 1. The van der Waals surface area contributed by atoms with E-state index in [1.807, 2.05) is 11.8 Å². The van der Waals surface area contributed by atoms with Gasteiger partial charge in [-0.1, -0.05) is 6.42 Å². The molecule has 5 rings (SSSR count). The van der Waals surface area contributed by atoms with Crippen LogP contribution in [0.4, 0.5) is 0 Å². The van der Waals surface area contributed by atoms with Crippen LogP contribution in [0.5, 0.6) is 5.75 Å². The third-order valence-corrected chi connectivity index (χ3v) is 8.62. The lowest BCUT2D eigenvalue weighted by Crippen LogP contribution is -2.46. The Morgan fingerprint density at radius 2 is 1.83 bits per heavy atom. The van der Waals surface area contributed by atoms with Gasteiger partial charge in [-0.15, -0.1) is 11.3 Å². The van der Waals surface area contributed by atoms with Gasteiger partial charge in [0.15, 0.2) is 0 Å². The van der Waals surface area contributed by atoms with Crippen molar-refractivity contribution in [3.05, 3.63) is 55.5 Å². The molecule has 7 nitrogen and oxygen atoms in total. The molecular formula is C27H33N3O4S. The number of aryl methyl sites for hydroxylation is 2. The molecule has 1 aromatic carbocycles. The Labute approximate surface area is 208 Å². The zero-order valence-corrected chi connectivity index (χ0v) is 21.4. The summed E-state index contributed by atoms with van der Waals surface area (Å²) < 4.78 is 8.33. The van der Waals surface area contributed by atoms with Crippen LogP contribution in [0.1, 0.15) is 62.8 Å². The van der Waals surface area contributed by atoms with Crippen LogP contribution in [0.3, 0.4) is 0 Å². The highest BCUT2D eigenvalue weighted by molar-refractivity contribution is 7.18. The number of carbonyl (C=O) groups is 1. The quantitative estimate of drug-likeness (QED) is 0.495. The van der Waals surface area contributed by atoms with Crippen LogP contribution in [-0.2, 0) is 24.2 Å². The van der Waals surface area contributed by atoms with E-state index in [2.05, 4.69) is 6.92 Å². The molecule has 2 aliphatic rings. The fourth-order valence-electron chi connectivity index (χ4n) is 5.47. The number of benzene rings is 1. The maximum atomic E-state index is 13.8. The summed E-state index contributed by atoms with van der Waals surface area (Å²) >= 11 is 1.53. The van der Waals surface area contributed by atoms with E-state index in [1.165, 1.54) is 20.8 Å². The molecule has 1 amide bonds. The SMILES string of the molecule is CCOc1ccc(-n2c(=O)c3c4c(sc3n(CC(=O)N3CCCC[C@@H]3C)c2=O)CCCCC4)cc1. The summed E-state index contributed by atoms with van der Waals surface area (Å²) in [4.78, 5) is 44.8. The van der Waals surface area contributed by atoms with Crippen LogP contribution >= 0.6 is 11.3 Å². The topological polar surface area (TPSA) is 73.5 Å². The van der Waals surface area contributed by atoms with Gasteiger partial charge in [0.1, 0.15) is 17.1 Å². The van der Waals surface area contributed by atoms with Crippen LogP contribution in [0.25, 0.3) is 15.9 Å². The summed E-state index contributed by atoms with van der Waals surface area (Å²) in [7, 11) is 0. The molecule has 35 heavy (non-hydrogen) atoms. The van der Waals surface area contributed by atoms with Crippen LogP contribution in [-0.4, -0.2) is 39.1 Å². The van der Waals surface area contributed by atoms with Crippen molar-refractivity contribution in [2.45, 2.75) is 77.8 Å². The number of amides is 1. The molecule has 1 fully saturated rings. The zero-order chi connectivity index (χ0) is 24.5. The molecule has 0 saturated carbocycles. The second-order valence-electron chi connectivity index (χ2n) is 9.61. The standard InChI is InChI=1S/C27H33N3O4S/c1-3-34-20-14-12-19(13-15-20)30-25(32)24-21-10-5-4-6-11-22(21)35-26(24)29(27(30)33)17-23(31)28-16-8-7-9-18(28)2/h12-15,18H,3-11,16-17H2,1-2H3/t18-/m0/s1. The van der Waals surface area contributed by atoms with Crippen LogP contribution < -0.4 is 16.0 Å². The molecule has 3 aromatic rings. The van der Waals surface area contributed by atoms with E-state index in [1.54, 1.807) is 28.8 Å². The summed E-state index contributed by atoms with van der Waals surface area (Å²) in [6.45, 7) is 5.20. The minimum absolute atomic E-state index is 0.0453. The normalized spacial score (nSPS) is 18.3. The summed E-state index contributed by atoms with van der Waals surface area (Å²) in [5.74, 6) is 0.630. The number of hydrogen-bond acceptors (Lipinski definition) is 5. The molecule has 3 heterocycles. The number of carbonyl (C=O) groups excluding carboxylic acids is 1. The molecule has 186 valence electrons. The summed E-state index contributed by atoms with van der Waals surface area (Å²) in [6.07, 6.45) is 8.10. The van der Waals surface area contributed by atoms with Crippen LogP contribution in [0.15, 0.2) is 33.9 Å². The molecule has 2 aromatic heterocycles. The van der Waals surface area contributed by atoms with E-state index in [9.17, 15) is 14.4 Å². The van der Waals surface area contributed by atoms with Gasteiger partial charge in [-0.2, -0.15) is 0 Å². The number of hydrogen-bond donors (Lipinski definition) is 0. The third kappa shape index (κ3) is 4.44. The van der Waals surface area contributed by atoms with Crippen molar-refractivity contribution in [1.29, 1.82) is 0 Å². The number of aromatic nitrogens is 2. The fraction of sp³-hybridized carbons (Fsp3) is 0.519. The highest BCUT2D eigenvalue weighted by Crippen LogP contribution is 2.34. The van der Waals surface area contributed by atoms with Crippen molar-refractivity contribution in [3.8, 4) is 11.4 Å². The first-order valence-corrected chi connectivity index (χ1v) is 13.6. The molecule has 0 N–H and O–H groups in total. The average Bonchev–Trinajstić information content (AvgIpc) is 3.06. The van der Waals surface area contributed by atoms with Gasteiger partial charge in [0, 0.05) is 17.5 Å². The van der Waals surface area contributed by atoms with Gasteiger partial charge in [0.05, 0.1) is 17.7 Å². The molecule has 0 spiro atoms. The Morgan fingerprint density at radius 3 is 2.57 bits per heavy atom. The minimum atomic E-state index is -0.457. The maximum Gasteiger partial charge on any atom is 0.337 e. The molecule has 0 unspecified atom stereocenters. The van der Waals surface area contributed by atoms with E-state index in [-0.39, 0.29) is 24.1 Å². The van der Waals surface area contributed by atoms with Gasteiger partial charge in [-0.25, -0.2) is 9.36 Å². The maximum absolute atomic E-state index is 13.8. The van der Waals surface area contributed by atoms with E-state index in [4.69, 9.17) is 4.74 Å². The van der Waals surface area contributed by atoms with Gasteiger partial charge in [-0.3, -0.25) is 14.2 Å². The van der Waals surface area contributed by atoms with Gasteiger partial charge < -0.3 is 9.64 Å². The number of nitrogens with zero attached hydrogens (tertiary/aromatic N) is 3. The molecule has 1 aliphatic carbocycles. The number of piperidine rings is 1. The van der Waals surface area contributed by atoms with E-state index in [0.717, 1.165) is 63.5 Å². The monoisotopic (exact) mass is 495 g/mol. The van der Waals surface area contributed by atoms with E-state index < -0.39 is 5.69 Å². The molecular weight excluding hydrogens is 462 g/mol. The van der Waals surface area contributed by atoms with Crippen molar-refractivity contribution in [2.24, 2.45) is 0 Å². The Morgan fingerprint density at radius 1 is 1.06 bits per heavy atom. The predicted molar refractivity (Wildman–Crippen MR) is 139 cm³/mol. The summed E-state index contributed by atoms with van der Waals surface area (Å²) in [5.41, 5.74) is 0.816. The van der Waals surface area contributed by atoms with Crippen molar-refractivity contribution in [1.82, 2.24) is 14.0 Å². The van der Waals surface area contributed by atoms with Crippen molar-refractivity contribution >= 4 is 27.5 Å². The van der Waals surface area contributed by atoms with E-state index in [0.29, 0.717) is 28.3 Å². The van der Waals surface area contributed by atoms with Crippen molar-refractivity contribution in [3.63, 3.8) is 0 Å². The minimum Gasteiger partial charge on any atom is -0.494 e. The van der Waals surface area contributed by atoms with E-state index >= 15 is 0 Å². The zero-order valence-electron chi connectivity index (χ0n) is 20.5. The number of likely N-dealkylation sites (tertiary alicyclic amines) is 1. The highest BCUT2D eigenvalue weighted by atomic mass is 32.1.